The van der Waals surface area contributed by atoms with Gasteiger partial charge in [0.15, 0.2) is 0 Å². The molecule has 0 aliphatic rings. The molecule has 0 aromatic heterocycles. The SMILES string of the molecule is Cc1cc(Cl)c(NC(=O)c2ccc(Cl)c(Br)c2)cc1Cl. The smallest absolute Gasteiger partial charge is 0.255 e. The van der Waals surface area contributed by atoms with Crippen LogP contribution in [0.25, 0.3) is 0 Å². The third-order valence-electron chi connectivity index (χ3n) is 2.68. The van der Waals surface area contributed by atoms with E-state index in [1.807, 2.05) is 6.92 Å². The molecule has 104 valence electrons. The maximum Gasteiger partial charge on any atom is 0.255 e. The molecule has 0 spiro atoms. The zero-order valence-electron chi connectivity index (χ0n) is 10.3. The highest BCUT2D eigenvalue weighted by atomic mass is 79.9. The highest BCUT2D eigenvalue weighted by molar-refractivity contribution is 9.10. The Hall–Kier alpha value is -0.740. The molecule has 0 aliphatic heterocycles. The van der Waals surface area contributed by atoms with Gasteiger partial charge in [0.1, 0.15) is 0 Å². The normalized spacial score (nSPS) is 10.4. The maximum atomic E-state index is 12.1. The van der Waals surface area contributed by atoms with Crippen molar-refractivity contribution in [3.63, 3.8) is 0 Å². The summed E-state index contributed by atoms with van der Waals surface area (Å²) in [6.07, 6.45) is 0. The zero-order chi connectivity index (χ0) is 14.9. The van der Waals surface area contributed by atoms with Crippen LogP contribution in [0.3, 0.4) is 0 Å². The van der Waals surface area contributed by atoms with Gasteiger partial charge in [-0.1, -0.05) is 34.8 Å². The minimum absolute atomic E-state index is 0.288. The van der Waals surface area contributed by atoms with Crippen LogP contribution in [-0.2, 0) is 0 Å². The van der Waals surface area contributed by atoms with Crippen LogP contribution in [0, 0.1) is 6.92 Å². The Morgan fingerprint density at radius 3 is 2.40 bits per heavy atom. The van der Waals surface area contributed by atoms with Crippen molar-refractivity contribution in [2.24, 2.45) is 0 Å². The van der Waals surface area contributed by atoms with Crippen molar-refractivity contribution >= 4 is 62.3 Å². The van der Waals surface area contributed by atoms with Crippen molar-refractivity contribution in [3.05, 3.63) is 61.0 Å². The summed E-state index contributed by atoms with van der Waals surface area (Å²) in [5.41, 5.74) is 1.79. The molecule has 1 amide bonds. The van der Waals surface area contributed by atoms with E-state index < -0.39 is 0 Å². The maximum absolute atomic E-state index is 12.1. The van der Waals surface area contributed by atoms with Crippen LogP contribution in [0.4, 0.5) is 5.69 Å². The van der Waals surface area contributed by atoms with Crippen molar-refractivity contribution in [2.75, 3.05) is 5.32 Å². The number of anilines is 1. The van der Waals surface area contributed by atoms with Gasteiger partial charge in [0.25, 0.3) is 5.91 Å². The number of nitrogens with one attached hydrogen (secondary N) is 1. The molecule has 0 fully saturated rings. The van der Waals surface area contributed by atoms with E-state index in [2.05, 4.69) is 21.2 Å². The lowest BCUT2D eigenvalue weighted by Crippen LogP contribution is -2.12. The van der Waals surface area contributed by atoms with Gasteiger partial charge in [-0.25, -0.2) is 0 Å². The van der Waals surface area contributed by atoms with Gasteiger partial charge in [-0.3, -0.25) is 4.79 Å². The van der Waals surface area contributed by atoms with E-state index in [0.29, 0.717) is 30.8 Å². The average Bonchev–Trinajstić information content (AvgIpc) is 2.39. The summed E-state index contributed by atoms with van der Waals surface area (Å²) in [6, 6.07) is 8.25. The predicted molar refractivity (Wildman–Crippen MR) is 88.3 cm³/mol. The molecule has 0 aliphatic carbocycles. The van der Waals surface area contributed by atoms with Crippen LogP contribution in [0.5, 0.6) is 0 Å². The van der Waals surface area contributed by atoms with E-state index >= 15 is 0 Å². The molecule has 0 saturated heterocycles. The number of carbonyl (C=O) groups excluding carboxylic acids is 1. The first-order chi connectivity index (χ1) is 9.38. The molecule has 0 atom stereocenters. The molecule has 0 radical (unpaired) electrons. The summed E-state index contributed by atoms with van der Waals surface area (Å²) in [4.78, 5) is 12.1. The molecule has 0 heterocycles. The predicted octanol–water partition coefficient (Wildman–Crippen LogP) is 5.97. The zero-order valence-corrected chi connectivity index (χ0v) is 14.2. The third-order valence-corrected chi connectivity index (χ3v) is 4.61. The molecule has 2 aromatic carbocycles. The molecular formula is C14H9BrCl3NO. The van der Waals surface area contributed by atoms with E-state index in [0.717, 1.165) is 5.56 Å². The molecule has 6 heteroatoms. The minimum atomic E-state index is -0.288. The number of amides is 1. The fraction of sp³-hybridized carbons (Fsp3) is 0.0714. The Balaban J connectivity index is 2.27. The Bertz CT molecular complexity index is 688. The molecule has 1 N–H and O–H groups in total. The standard InChI is InChI=1S/C14H9BrCl3NO/c1-7-4-12(18)13(6-11(7)17)19-14(20)8-2-3-10(16)9(15)5-8/h2-6H,1H3,(H,19,20). The van der Waals surface area contributed by atoms with Crippen molar-refractivity contribution in [1.29, 1.82) is 0 Å². The Morgan fingerprint density at radius 2 is 1.75 bits per heavy atom. The van der Waals surface area contributed by atoms with Gasteiger partial charge in [-0.05, 0) is 58.7 Å². The number of hydrogen-bond acceptors (Lipinski definition) is 1. The summed E-state index contributed by atoms with van der Waals surface area (Å²) in [5.74, 6) is -0.288. The minimum Gasteiger partial charge on any atom is -0.321 e. The number of carbonyl (C=O) groups is 1. The van der Waals surface area contributed by atoms with Gasteiger partial charge < -0.3 is 5.32 Å². The summed E-state index contributed by atoms with van der Waals surface area (Å²) in [6.45, 7) is 1.84. The lowest BCUT2D eigenvalue weighted by atomic mass is 10.2. The second kappa shape index (κ2) is 6.35. The van der Waals surface area contributed by atoms with Crippen LogP contribution in [0.2, 0.25) is 15.1 Å². The fourth-order valence-electron chi connectivity index (χ4n) is 1.57. The molecule has 0 bridgehead atoms. The molecule has 0 unspecified atom stereocenters. The highest BCUT2D eigenvalue weighted by Crippen LogP contribution is 2.29. The van der Waals surface area contributed by atoms with Gasteiger partial charge in [-0.15, -0.1) is 0 Å². The summed E-state index contributed by atoms with van der Waals surface area (Å²) in [7, 11) is 0. The van der Waals surface area contributed by atoms with Crippen LogP contribution in [-0.4, -0.2) is 5.91 Å². The first-order valence-electron chi connectivity index (χ1n) is 5.60. The van der Waals surface area contributed by atoms with E-state index in [9.17, 15) is 4.79 Å². The van der Waals surface area contributed by atoms with Gasteiger partial charge >= 0.3 is 0 Å². The molecule has 20 heavy (non-hydrogen) atoms. The largest absolute Gasteiger partial charge is 0.321 e. The number of hydrogen-bond donors (Lipinski definition) is 1. The number of benzene rings is 2. The van der Waals surface area contributed by atoms with Gasteiger partial charge in [-0.2, -0.15) is 0 Å². The summed E-state index contributed by atoms with van der Waals surface area (Å²) in [5, 5.41) is 4.24. The number of aryl methyl sites for hydroxylation is 1. The van der Waals surface area contributed by atoms with Crippen LogP contribution < -0.4 is 5.32 Å². The quantitative estimate of drug-likeness (QED) is 0.669. The first-order valence-corrected chi connectivity index (χ1v) is 7.53. The Kier molecular flexibility index (Phi) is 4.97. The average molecular weight is 393 g/mol. The molecule has 2 rings (SSSR count). The number of rotatable bonds is 2. The van der Waals surface area contributed by atoms with Gasteiger partial charge in [0.05, 0.1) is 15.7 Å². The van der Waals surface area contributed by atoms with Crippen molar-refractivity contribution in [2.45, 2.75) is 6.92 Å². The van der Waals surface area contributed by atoms with Crippen molar-refractivity contribution in [1.82, 2.24) is 0 Å². The summed E-state index contributed by atoms with van der Waals surface area (Å²) < 4.78 is 0.653. The van der Waals surface area contributed by atoms with Crippen LogP contribution in [0.15, 0.2) is 34.8 Å². The molecule has 2 aromatic rings. The second-order valence-electron chi connectivity index (χ2n) is 4.16. The van der Waals surface area contributed by atoms with Crippen molar-refractivity contribution < 1.29 is 4.79 Å². The molecule has 2 nitrogen and oxygen atoms in total. The van der Waals surface area contributed by atoms with E-state index in [4.69, 9.17) is 34.8 Å². The second-order valence-corrected chi connectivity index (χ2v) is 6.24. The summed E-state index contributed by atoms with van der Waals surface area (Å²) >= 11 is 21.3. The lowest BCUT2D eigenvalue weighted by molar-refractivity contribution is 0.102. The molecular weight excluding hydrogens is 384 g/mol. The van der Waals surface area contributed by atoms with Crippen molar-refractivity contribution in [3.8, 4) is 0 Å². The Labute approximate surface area is 140 Å². The van der Waals surface area contributed by atoms with Gasteiger partial charge in [0, 0.05) is 15.1 Å². The monoisotopic (exact) mass is 391 g/mol. The lowest BCUT2D eigenvalue weighted by Gasteiger charge is -2.10. The first kappa shape index (κ1) is 15.6. The fourth-order valence-corrected chi connectivity index (χ4v) is 2.50. The van der Waals surface area contributed by atoms with Crippen LogP contribution in [0.1, 0.15) is 15.9 Å². The topological polar surface area (TPSA) is 29.1 Å². The van der Waals surface area contributed by atoms with E-state index in [1.54, 1.807) is 30.3 Å². The Morgan fingerprint density at radius 1 is 1.05 bits per heavy atom. The number of halogens is 4. The van der Waals surface area contributed by atoms with E-state index in [-0.39, 0.29) is 5.91 Å². The third kappa shape index (κ3) is 3.47. The highest BCUT2D eigenvalue weighted by Gasteiger charge is 2.11. The molecule has 0 saturated carbocycles. The van der Waals surface area contributed by atoms with E-state index in [1.165, 1.54) is 0 Å². The van der Waals surface area contributed by atoms with Gasteiger partial charge in [0.2, 0.25) is 0 Å². The van der Waals surface area contributed by atoms with Crippen LogP contribution >= 0.6 is 50.7 Å².